The van der Waals surface area contributed by atoms with Crippen molar-refractivity contribution in [3.63, 3.8) is 0 Å². The highest BCUT2D eigenvalue weighted by Crippen LogP contribution is 2.24. The molecule has 0 radical (unpaired) electrons. The van der Waals surface area contributed by atoms with E-state index in [2.05, 4.69) is 29.2 Å². The standard InChI is InChI=1S/C15H22ClN3O/c1-3-4-12-9-11(10-14(16)18-12)15(20)17-7-8-19(2)13-5-6-13/h9-10,13H,3-8H2,1-2H3,(H,17,20). The third kappa shape index (κ3) is 4.46. The molecule has 20 heavy (non-hydrogen) atoms. The fraction of sp³-hybridized carbons (Fsp3) is 0.600. The smallest absolute Gasteiger partial charge is 0.251 e. The van der Waals surface area contributed by atoms with Crippen molar-refractivity contribution >= 4 is 17.5 Å². The fourth-order valence-corrected chi connectivity index (χ4v) is 2.44. The van der Waals surface area contributed by atoms with Crippen LogP contribution < -0.4 is 5.32 Å². The number of likely N-dealkylation sites (N-methyl/N-ethyl adjacent to an activating group) is 1. The van der Waals surface area contributed by atoms with Gasteiger partial charge >= 0.3 is 0 Å². The van der Waals surface area contributed by atoms with Crippen molar-refractivity contribution in [1.29, 1.82) is 0 Å². The lowest BCUT2D eigenvalue weighted by atomic mass is 10.1. The third-order valence-electron chi connectivity index (χ3n) is 3.54. The largest absolute Gasteiger partial charge is 0.351 e. The molecule has 1 saturated carbocycles. The van der Waals surface area contributed by atoms with Gasteiger partial charge in [-0.2, -0.15) is 0 Å². The van der Waals surface area contributed by atoms with Crippen LogP contribution in [0.3, 0.4) is 0 Å². The summed E-state index contributed by atoms with van der Waals surface area (Å²) in [7, 11) is 2.10. The van der Waals surface area contributed by atoms with Crippen LogP contribution in [0.4, 0.5) is 0 Å². The molecule has 4 nitrogen and oxygen atoms in total. The summed E-state index contributed by atoms with van der Waals surface area (Å²) in [5.74, 6) is -0.0733. The molecule has 0 spiro atoms. The van der Waals surface area contributed by atoms with Crippen molar-refractivity contribution in [3.8, 4) is 0 Å². The van der Waals surface area contributed by atoms with E-state index in [0.29, 0.717) is 17.3 Å². The molecule has 1 amide bonds. The Hall–Kier alpha value is -1.13. The molecule has 0 bridgehead atoms. The molecule has 2 rings (SSSR count). The van der Waals surface area contributed by atoms with E-state index in [9.17, 15) is 4.79 Å². The summed E-state index contributed by atoms with van der Waals surface area (Å²) >= 11 is 5.96. The van der Waals surface area contributed by atoms with Crippen LogP contribution in [-0.4, -0.2) is 42.0 Å². The summed E-state index contributed by atoms with van der Waals surface area (Å²) in [5, 5.41) is 3.33. The van der Waals surface area contributed by atoms with Crippen LogP contribution in [-0.2, 0) is 6.42 Å². The zero-order valence-corrected chi connectivity index (χ0v) is 12.9. The van der Waals surface area contributed by atoms with Gasteiger partial charge in [0.1, 0.15) is 5.15 Å². The monoisotopic (exact) mass is 295 g/mol. The lowest BCUT2D eigenvalue weighted by Crippen LogP contribution is -2.34. The van der Waals surface area contributed by atoms with Crippen molar-refractivity contribution in [2.75, 3.05) is 20.1 Å². The number of rotatable bonds is 7. The number of carbonyl (C=O) groups is 1. The third-order valence-corrected chi connectivity index (χ3v) is 3.73. The molecule has 1 fully saturated rings. The summed E-state index contributed by atoms with van der Waals surface area (Å²) in [6.07, 6.45) is 4.39. The van der Waals surface area contributed by atoms with Crippen LogP contribution in [0.1, 0.15) is 42.2 Å². The average molecular weight is 296 g/mol. The van der Waals surface area contributed by atoms with Crippen molar-refractivity contribution in [1.82, 2.24) is 15.2 Å². The zero-order valence-electron chi connectivity index (χ0n) is 12.2. The Morgan fingerprint density at radius 3 is 2.90 bits per heavy atom. The number of halogens is 1. The lowest BCUT2D eigenvalue weighted by Gasteiger charge is -2.15. The number of aryl methyl sites for hydroxylation is 1. The van der Waals surface area contributed by atoms with Gasteiger partial charge < -0.3 is 10.2 Å². The Bertz CT molecular complexity index is 474. The normalized spacial score (nSPS) is 14.6. The summed E-state index contributed by atoms with van der Waals surface area (Å²) in [6, 6.07) is 4.18. The average Bonchev–Trinajstić information content (AvgIpc) is 3.22. The summed E-state index contributed by atoms with van der Waals surface area (Å²) in [6.45, 7) is 3.63. The van der Waals surface area contributed by atoms with E-state index in [1.807, 2.05) is 6.07 Å². The molecular formula is C15H22ClN3O. The van der Waals surface area contributed by atoms with Crippen LogP contribution in [0, 0.1) is 0 Å². The molecule has 0 unspecified atom stereocenters. The maximum atomic E-state index is 12.1. The Balaban J connectivity index is 1.87. The van der Waals surface area contributed by atoms with Gasteiger partial charge in [-0.15, -0.1) is 0 Å². The Labute approximate surface area is 125 Å². The van der Waals surface area contributed by atoms with Crippen molar-refractivity contribution < 1.29 is 4.79 Å². The van der Waals surface area contributed by atoms with Gasteiger partial charge in [-0.1, -0.05) is 24.9 Å². The number of pyridine rings is 1. The van der Waals surface area contributed by atoms with E-state index in [1.165, 1.54) is 12.8 Å². The molecule has 1 aliphatic carbocycles. The van der Waals surface area contributed by atoms with Gasteiger partial charge in [0, 0.05) is 30.4 Å². The van der Waals surface area contributed by atoms with E-state index in [4.69, 9.17) is 11.6 Å². The van der Waals surface area contributed by atoms with E-state index in [-0.39, 0.29) is 5.91 Å². The predicted molar refractivity (Wildman–Crippen MR) is 81.2 cm³/mol. The van der Waals surface area contributed by atoms with Crippen LogP contribution >= 0.6 is 11.6 Å². The minimum atomic E-state index is -0.0733. The molecule has 0 aromatic carbocycles. The maximum Gasteiger partial charge on any atom is 0.251 e. The molecule has 5 heteroatoms. The van der Waals surface area contributed by atoms with Gasteiger partial charge in [-0.3, -0.25) is 4.79 Å². The number of aromatic nitrogens is 1. The van der Waals surface area contributed by atoms with Crippen LogP contribution in [0.5, 0.6) is 0 Å². The first-order chi connectivity index (χ1) is 9.60. The highest BCUT2D eigenvalue weighted by atomic mass is 35.5. The predicted octanol–water partition coefficient (Wildman–Crippen LogP) is 2.51. The lowest BCUT2D eigenvalue weighted by molar-refractivity contribution is 0.0949. The summed E-state index contributed by atoms with van der Waals surface area (Å²) in [5.41, 5.74) is 1.47. The van der Waals surface area contributed by atoms with E-state index in [0.717, 1.165) is 31.1 Å². The molecule has 1 aromatic rings. The minimum Gasteiger partial charge on any atom is -0.351 e. The van der Waals surface area contributed by atoms with E-state index >= 15 is 0 Å². The number of amides is 1. The molecule has 110 valence electrons. The second kappa shape index (κ2) is 7.04. The number of nitrogens with one attached hydrogen (secondary N) is 1. The topological polar surface area (TPSA) is 45.2 Å². The van der Waals surface area contributed by atoms with Gasteiger partial charge in [-0.25, -0.2) is 4.98 Å². The van der Waals surface area contributed by atoms with Crippen molar-refractivity contribution in [2.24, 2.45) is 0 Å². The van der Waals surface area contributed by atoms with E-state index in [1.54, 1.807) is 6.07 Å². The maximum absolute atomic E-state index is 12.1. The second-order valence-electron chi connectivity index (χ2n) is 5.39. The van der Waals surface area contributed by atoms with Gasteiger partial charge in [0.15, 0.2) is 0 Å². The van der Waals surface area contributed by atoms with E-state index < -0.39 is 0 Å². The quantitative estimate of drug-likeness (QED) is 0.786. The van der Waals surface area contributed by atoms with Gasteiger partial charge in [-0.05, 0) is 38.4 Å². The Morgan fingerprint density at radius 2 is 2.25 bits per heavy atom. The van der Waals surface area contributed by atoms with Crippen molar-refractivity contribution in [2.45, 2.75) is 38.6 Å². The first kappa shape index (κ1) is 15.3. The molecule has 1 aromatic heterocycles. The first-order valence-corrected chi connectivity index (χ1v) is 7.63. The fourth-order valence-electron chi connectivity index (χ4n) is 2.21. The Morgan fingerprint density at radius 1 is 1.50 bits per heavy atom. The van der Waals surface area contributed by atoms with Crippen LogP contribution in [0.2, 0.25) is 5.15 Å². The second-order valence-corrected chi connectivity index (χ2v) is 5.77. The van der Waals surface area contributed by atoms with Gasteiger partial charge in [0.2, 0.25) is 0 Å². The number of nitrogens with zero attached hydrogens (tertiary/aromatic N) is 2. The van der Waals surface area contributed by atoms with Crippen LogP contribution in [0.15, 0.2) is 12.1 Å². The Kier molecular flexibility index (Phi) is 5.38. The zero-order chi connectivity index (χ0) is 14.5. The first-order valence-electron chi connectivity index (χ1n) is 7.25. The molecule has 1 N–H and O–H groups in total. The van der Waals surface area contributed by atoms with Crippen LogP contribution in [0.25, 0.3) is 0 Å². The molecule has 1 aliphatic rings. The van der Waals surface area contributed by atoms with Gasteiger partial charge in [0.05, 0.1) is 0 Å². The number of hydrogen-bond acceptors (Lipinski definition) is 3. The molecule has 0 saturated heterocycles. The minimum absolute atomic E-state index is 0.0733. The van der Waals surface area contributed by atoms with Gasteiger partial charge in [0.25, 0.3) is 5.91 Å². The molecular weight excluding hydrogens is 274 g/mol. The number of hydrogen-bond donors (Lipinski definition) is 1. The highest BCUT2D eigenvalue weighted by Gasteiger charge is 2.25. The van der Waals surface area contributed by atoms with Crippen molar-refractivity contribution in [3.05, 3.63) is 28.5 Å². The SMILES string of the molecule is CCCc1cc(C(=O)NCCN(C)C2CC2)cc(Cl)n1. The summed E-state index contributed by atoms with van der Waals surface area (Å²) in [4.78, 5) is 18.6. The molecule has 0 atom stereocenters. The summed E-state index contributed by atoms with van der Waals surface area (Å²) < 4.78 is 0. The molecule has 0 aliphatic heterocycles. The molecule has 1 heterocycles. The highest BCUT2D eigenvalue weighted by molar-refractivity contribution is 6.29. The number of carbonyl (C=O) groups excluding carboxylic acids is 1.